The molecule has 1 aliphatic rings. The molecule has 25 heavy (non-hydrogen) atoms. The van der Waals surface area contributed by atoms with Gasteiger partial charge in [0, 0.05) is 42.9 Å². The number of amides is 1. The Morgan fingerprint density at radius 3 is 2.80 bits per heavy atom. The first kappa shape index (κ1) is 18.2. The predicted molar refractivity (Wildman–Crippen MR) is 101 cm³/mol. The van der Waals surface area contributed by atoms with Crippen LogP contribution < -0.4 is 0 Å². The Labute approximate surface area is 153 Å². The number of hydrogen-bond acceptors (Lipinski definition) is 4. The number of thiophene rings is 1. The molecule has 1 atom stereocenters. The molecular weight excluding hydrogens is 334 g/mol. The summed E-state index contributed by atoms with van der Waals surface area (Å²) in [7, 11) is 2.10. The van der Waals surface area contributed by atoms with Crippen molar-refractivity contribution < 1.29 is 9.53 Å². The molecule has 3 heterocycles. The summed E-state index contributed by atoms with van der Waals surface area (Å²) in [6, 6.07) is 2.13. The van der Waals surface area contributed by atoms with E-state index in [1.165, 1.54) is 5.56 Å². The fourth-order valence-corrected chi connectivity index (χ4v) is 4.17. The molecule has 1 saturated heterocycles. The zero-order valence-electron chi connectivity index (χ0n) is 15.5. The number of nitrogens with one attached hydrogen (secondary N) is 1. The highest BCUT2D eigenvalue weighted by atomic mass is 32.1. The molecule has 0 spiro atoms. The van der Waals surface area contributed by atoms with Gasteiger partial charge >= 0.3 is 0 Å². The molecule has 1 aliphatic heterocycles. The molecule has 5 nitrogen and oxygen atoms in total. The van der Waals surface area contributed by atoms with E-state index in [0.29, 0.717) is 13.1 Å². The van der Waals surface area contributed by atoms with Crippen LogP contribution in [0.4, 0.5) is 0 Å². The van der Waals surface area contributed by atoms with Crippen molar-refractivity contribution in [3.8, 4) is 0 Å². The van der Waals surface area contributed by atoms with Crippen LogP contribution in [0, 0.1) is 20.8 Å². The second-order valence-electron chi connectivity index (χ2n) is 7.01. The van der Waals surface area contributed by atoms with Crippen LogP contribution in [0.2, 0.25) is 0 Å². The summed E-state index contributed by atoms with van der Waals surface area (Å²) < 4.78 is 5.91. The molecule has 0 bridgehead atoms. The van der Waals surface area contributed by atoms with Gasteiger partial charge in [-0.2, -0.15) is 11.3 Å². The van der Waals surface area contributed by atoms with Crippen molar-refractivity contribution in [1.29, 1.82) is 0 Å². The summed E-state index contributed by atoms with van der Waals surface area (Å²) in [6.07, 6.45) is 0.0574. The van der Waals surface area contributed by atoms with Crippen LogP contribution >= 0.6 is 11.3 Å². The molecule has 136 valence electrons. The molecule has 0 aromatic carbocycles. The highest BCUT2D eigenvalue weighted by molar-refractivity contribution is 7.08. The lowest BCUT2D eigenvalue weighted by atomic mass is 10.1. The maximum atomic E-state index is 13.2. The second kappa shape index (κ2) is 7.72. The molecule has 1 amide bonds. The van der Waals surface area contributed by atoms with Crippen LogP contribution in [-0.4, -0.2) is 60.1 Å². The van der Waals surface area contributed by atoms with E-state index in [-0.39, 0.29) is 12.0 Å². The monoisotopic (exact) mass is 361 g/mol. The van der Waals surface area contributed by atoms with Gasteiger partial charge in [0.2, 0.25) is 0 Å². The van der Waals surface area contributed by atoms with Gasteiger partial charge in [0.05, 0.1) is 18.3 Å². The first-order valence-corrected chi connectivity index (χ1v) is 9.65. The van der Waals surface area contributed by atoms with Crippen molar-refractivity contribution in [2.45, 2.75) is 33.4 Å². The topological polar surface area (TPSA) is 48.6 Å². The smallest absolute Gasteiger partial charge is 0.255 e. The van der Waals surface area contributed by atoms with E-state index in [1.807, 2.05) is 29.5 Å². The number of ether oxygens (including phenoxy) is 1. The number of likely N-dealkylation sites (N-methyl/N-ethyl adjacent to an activating group) is 1. The second-order valence-corrected chi connectivity index (χ2v) is 7.76. The van der Waals surface area contributed by atoms with E-state index in [1.54, 1.807) is 11.3 Å². The standard InChI is InChI=1S/C19H27N3O2S/c1-13-11-25-12-18(13)19(23)22(8-16-7-14(2)20-15(16)3)10-17-9-21(4)5-6-24-17/h7,11-12,17,20H,5-6,8-10H2,1-4H3/t17-/m0/s1. The van der Waals surface area contributed by atoms with E-state index < -0.39 is 0 Å². The minimum Gasteiger partial charge on any atom is -0.374 e. The fraction of sp³-hybridized carbons (Fsp3) is 0.526. The van der Waals surface area contributed by atoms with Crippen molar-refractivity contribution >= 4 is 17.2 Å². The van der Waals surface area contributed by atoms with Crippen LogP contribution in [0.25, 0.3) is 0 Å². The lowest BCUT2D eigenvalue weighted by Gasteiger charge is -2.34. The van der Waals surface area contributed by atoms with E-state index in [9.17, 15) is 4.79 Å². The average Bonchev–Trinajstić information content (AvgIpc) is 3.11. The lowest BCUT2D eigenvalue weighted by molar-refractivity contribution is -0.0336. The Morgan fingerprint density at radius 1 is 1.40 bits per heavy atom. The van der Waals surface area contributed by atoms with Crippen LogP contribution in [0.1, 0.15) is 32.9 Å². The van der Waals surface area contributed by atoms with E-state index in [4.69, 9.17) is 4.74 Å². The molecule has 0 aliphatic carbocycles. The molecule has 3 rings (SSSR count). The average molecular weight is 362 g/mol. The minimum absolute atomic E-state index is 0.0574. The number of carbonyl (C=O) groups excluding carboxylic acids is 1. The fourth-order valence-electron chi connectivity index (χ4n) is 3.34. The quantitative estimate of drug-likeness (QED) is 0.891. The number of hydrogen-bond donors (Lipinski definition) is 1. The van der Waals surface area contributed by atoms with Gasteiger partial charge in [-0.3, -0.25) is 4.79 Å². The summed E-state index contributed by atoms with van der Waals surface area (Å²) in [5, 5.41) is 3.98. The van der Waals surface area contributed by atoms with Gasteiger partial charge in [0.15, 0.2) is 0 Å². The summed E-state index contributed by atoms with van der Waals surface area (Å²) in [6.45, 7) is 9.86. The summed E-state index contributed by atoms with van der Waals surface area (Å²) in [4.78, 5) is 20.7. The van der Waals surface area contributed by atoms with Gasteiger partial charge in [0.1, 0.15) is 0 Å². The number of aryl methyl sites for hydroxylation is 3. The van der Waals surface area contributed by atoms with Gasteiger partial charge in [-0.25, -0.2) is 0 Å². The molecule has 0 saturated carbocycles. The minimum atomic E-state index is 0.0574. The third-order valence-corrected chi connectivity index (χ3v) is 5.62. The van der Waals surface area contributed by atoms with Gasteiger partial charge in [0.25, 0.3) is 5.91 Å². The highest BCUT2D eigenvalue weighted by Crippen LogP contribution is 2.20. The van der Waals surface area contributed by atoms with Crippen LogP contribution in [0.15, 0.2) is 16.8 Å². The van der Waals surface area contributed by atoms with Crippen LogP contribution in [0.5, 0.6) is 0 Å². The number of morpholine rings is 1. The highest BCUT2D eigenvalue weighted by Gasteiger charge is 2.26. The number of carbonyl (C=O) groups is 1. The van der Waals surface area contributed by atoms with Crippen molar-refractivity contribution in [3.05, 3.63) is 44.9 Å². The molecular formula is C19H27N3O2S. The number of H-pyrrole nitrogens is 1. The number of aromatic amines is 1. The van der Waals surface area contributed by atoms with Crippen molar-refractivity contribution in [2.75, 3.05) is 33.3 Å². The van der Waals surface area contributed by atoms with E-state index in [0.717, 1.165) is 42.2 Å². The van der Waals surface area contributed by atoms with Gasteiger partial charge in [-0.05, 0) is 50.4 Å². The van der Waals surface area contributed by atoms with Crippen molar-refractivity contribution in [1.82, 2.24) is 14.8 Å². The third-order valence-electron chi connectivity index (χ3n) is 4.76. The van der Waals surface area contributed by atoms with E-state index in [2.05, 4.69) is 29.9 Å². The van der Waals surface area contributed by atoms with Gasteiger partial charge in [-0.15, -0.1) is 0 Å². The number of nitrogens with zero attached hydrogens (tertiary/aromatic N) is 2. The Balaban J connectivity index is 1.81. The van der Waals surface area contributed by atoms with Gasteiger partial charge in [-0.1, -0.05) is 0 Å². The molecule has 0 radical (unpaired) electrons. The van der Waals surface area contributed by atoms with Crippen molar-refractivity contribution in [3.63, 3.8) is 0 Å². The summed E-state index contributed by atoms with van der Waals surface area (Å²) >= 11 is 1.58. The zero-order valence-corrected chi connectivity index (χ0v) is 16.3. The van der Waals surface area contributed by atoms with Crippen LogP contribution in [-0.2, 0) is 11.3 Å². The van der Waals surface area contributed by atoms with E-state index >= 15 is 0 Å². The molecule has 1 N–H and O–H groups in total. The number of rotatable bonds is 5. The predicted octanol–water partition coefficient (Wildman–Crippen LogP) is 2.97. The molecule has 2 aromatic rings. The maximum absolute atomic E-state index is 13.2. The summed E-state index contributed by atoms with van der Waals surface area (Å²) in [5.41, 5.74) is 5.27. The largest absolute Gasteiger partial charge is 0.374 e. The maximum Gasteiger partial charge on any atom is 0.255 e. The first-order valence-electron chi connectivity index (χ1n) is 8.71. The molecule has 1 fully saturated rings. The number of aromatic nitrogens is 1. The van der Waals surface area contributed by atoms with Gasteiger partial charge < -0.3 is 19.5 Å². The normalized spacial score (nSPS) is 18.5. The molecule has 0 unspecified atom stereocenters. The SMILES string of the molecule is Cc1cc(CN(C[C@@H]2CN(C)CCO2)C(=O)c2cscc2C)c(C)[nH]1. The molecule has 2 aromatic heterocycles. The Morgan fingerprint density at radius 2 is 2.20 bits per heavy atom. The van der Waals surface area contributed by atoms with Crippen LogP contribution in [0.3, 0.4) is 0 Å². The van der Waals surface area contributed by atoms with Crippen molar-refractivity contribution in [2.24, 2.45) is 0 Å². The Bertz CT molecular complexity index is 737. The Kier molecular flexibility index (Phi) is 5.61. The third kappa shape index (κ3) is 4.32. The molecule has 6 heteroatoms. The first-order chi connectivity index (χ1) is 11.9. The Hall–Kier alpha value is -1.63. The lowest BCUT2D eigenvalue weighted by Crippen LogP contribution is -2.47. The zero-order chi connectivity index (χ0) is 18.0. The summed E-state index contributed by atoms with van der Waals surface area (Å²) in [5.74, 6) is 0.0915.